The van der Waals surface area contributed by atoms with Gasteiger partial charge < -0.3 is 10.1 Å². The van der Waals surface area contributed by atoms with Crippen LogP contribution in [0.2, 0.25) is 0 Å². The third-order valence-corrected chi connectivity index (χ3v) is 4.00. The topological polar surface area (TPSA) is 24.5 Å². The number of hydrogen-bond acceptors (Lipinski definition) is 3. The summed E-state index contributed by atoms with van der Waals surface area (Å²) in [5.74, 6) is 0.951. The Morgan fingerprint density at radius 1 is 1.15 bits per heavy atom. The van der Waals surface area contributed by atoms with Gasteiger partial charge in [-0.3, -0.25) is 4.90 Å². The normalized spacial score (nSPS) is 14.9. The molecule has 0 spiro atoms. The van der Waals surface area contributed by atoms with Crippen molar-refractivity contribution in [3.63, 3.8) is 0 Å². The fraction of sp³-hybridized carbons (Fsp3) is 0.375. The summed E-state index contributed by atoms with van der Waals surface area (Å²) in [4.78, 5) is 2.42. The summed E-state index contributed by atoms with van der Waals surface area (Å²) >= 11 is 0. The molecule has 1 heterocycles. The number of likely N-dealkylation sites (N-methyl/N-ethyl adjacent to an activating group) is 1. The standard InChI is InChI=1S/C16H20N2O.ClH/c1-18(13-9-17-10-13)11-12-7-8-16(19-2)15-6-4-3-5-14(12)15;/h3-8,13,17H,9-11H2,1-2H3;1H. The molecule has 0 atom stereocenters. The van der Waals surface area contributed by atoms with E-state index in [4.69, 9.17) is 4.74 Å². The number of nitrogens with zero attached hydrogens (tertiary/aromatic N) is 1. The van der Waals surface area contributed by atoms with E-state index in [1.165, 1.54) is 16.3 Å². The minimum Gasteiger partial charge on any atom is -0.496 e. The van der Waals surface area contributed by atoms with Gasteiger partial charge in [-0.1, -0.05) is 30.3 Å². The molecule has 0 radical (unpaired) electrons. The molecule has 1 aliphatic rings. The molecule has 0 bridgehead atoms. The lowest BCUT2D eigenvalue weighted by atomic mass is 10.0. The average molecular weight is 293 g/mol. The Kier molecular flexibility index (Phi) is 4.86. The average Bonchev–Trinajstić information content (AvgIpc) is 2.37. The monoisotopic (exact) mass is 292 g/mol. The van der Waals surface area contributed by atoms with E-state index in [2.05, 4.69) is 53.7 Å². The van der Waals surface area contributed by atoms with Crippen LogP contribution in [0.5, 0.6) is 5.75 Å². The zero-order chi connectivity index (χ0) is 13.2. The maximum atomic E-state index is 5.44. The molecule has 3 rings (SSSR count). The first kappa shape index (κ1) is 15.1. The van der Waals surface area contributed by atoms with Crippen molar-refractivity contribution in [3.8, 4) is 5.75 Å². The van der Waals surface area contributed by atoms with Crippen LogP contribution in [0.15, 0.2) is 36.4 Å². The van der Waals surface area contributed by atoms with Crippen molar-refractivity contribution < 1.29 is 4.74 Å². The van der Waals surface area contributed by atoms with Crippen LogP contribution in [0.3, 0.4) is 0 Å². The summed E-state index contributed by atoms with van der Waals surface area (Å²) in [6, 6.07) is 13.4. The fourth-order valence-electron chi connectivity index (χ4n) is 2.63. The second-order valence-electron chi connectivity index (χ2n) is 5.20. The molecule has 0 aromatic heterocycles. The SMILES string of the molecule is COc1ccc(CN(C)C2CNC2)c2ccccc12.Cl. The number of ether oxygens (including phenoxy) is 1. The second kappa shape index (κ2) is 6.44. The summed E-state index contributed by atoms with van der Waals surface area (Å²) in [5.41, 5.74) is 1.37. The second-order valence-corrected chi connectivity index (χ2v) is 5.20. The largest absolute Gasteiger partial charge is 0.496 e. The number of halogens is 1. The predicted octanol–water partition coefficient (Wildman–Crippen LogP) is 2.67. The van der Waals surface area contributed by atoms with Crippen molar-refractivity contribution in [2.45, 2.75) is 12.6 Å². The van der Waals surface area contributed by atoms with Crippen molar-refractivity contribution in [2.75, 3.05) is 27.2 Å². The molecular formula is C16H21ClN2O. The highest BCUT2D eigenvalue weighted by Crippen LogP contribution is 2.29. The molecule has 1 aliphatic heterocycles. The van der Waals surface area contributed by atoms with Crippen LogP contribution >= 0.6 is 12.4 Å². The van der Waals surface area contributed by atoms with Crippen LogP contribution in [0.4, 0.5) is 0 Å². The Morgan fingerprint density at radius 2 is 1.85 bits per heavy atom. The van der Waals surface area contributed by atoms with Gasteiger partial charge in [0.15, 0.2) is 0 Å². The zero-order valence-electron chi connectivity index (χ0n) is 11.9. The van der Waals surface area contributed by atoms with E-state index in [1.54, 1.807) is 7.11 Å². The van der Waals surface area contributed by atoms with E-state index in [1.807, 2.05) is 0 Å². The third-order valence-electron chi connectivity index (χ3n) is 4.00. The summed E-state index contributed by atoms with van der Waals surface area (Å²) in [7, 11) is 3.93. The number of methoxy groups -OCH3 is 1. The van der Waals surface area contributed by atoms with Gasteiger partial charge in [-0.05, 0) is 24.1 Å². The number of rotatable bonds is 4. The molecule has 3 nitrogen and oxygen atoms in total. The van der Waals surface area contributed by atoms with E-state index < -0.39 is 0 Å². The Balaban J connectivity index is 0.00000147. The van der Waals surface area contributed by atoms with Gasteiger partial charge in [0.05, 0.1) is 7.11 Å². The molecule has 108 valence electrons. The molecule has 4 heteroatoms. The highest BCUT2D eigenvalue weighted by atomic mass is 35.5. The van der Waals surface area contributed by atoms with E-state index in [0.717, 1.165) is 25.4 Å². The molecule has 2 aromatic carbocycles. The minimum atomic E-state index is 0. The predicted molar refractivity (Wildman–Crippen MR) is 85.9 cm³/mol. The molecule has 1 N–H and O–H groups in total. The Hall–Kier alpha value is -1.29. The Morgan fingerprint density at radius 3 is 2.45 bits per heavy atom. The van der Waals surface area contributed by atoms with Crippen molar-refractivity contribution in [1.82, 2.24) is 10.2 Å². The highest BCUT2D eigenvalue weighted by molar-refractivity contribution is 5.91. The van der Waals surface area contributed by atoms with Gasteiger partial charge in [-0.25, -0.2) is 0 Å². The first-order valence-corrected chi connectivity index (χ1v) is 6.75. The zero-order valence-corrected chi connectivity index (χ0v) is 12.7. The van der Waals surface area contributed by atoms with E-state index in [0.29, 0.717) is 6.04 Å². The van der Waals surface area contributed by atoms with Gasteiger partial charge in [0, 0.05) is 31.1 Å². The van der Waals surface area contributed by atoms with Crippen LogP contribution in [0, 0.1) is 0 Å². The van der Waals surface area contributed by atoms with Crippen molar-refractivity contribution >= 4 is 23.2 Å². The van der Waals surface area contributed by atoms with Gasteiger partial charge in [0.1, 0.15) is 5.75 Å². The van der Waals surface area contributed by atoms with Crippen molar-refractivity contribution in [1.29, 1.82) is 0 Å². The lowest BCUT2D eigenvalue weighted by Gasteiger charge is -2.35. The van der Waals surface area contributed by atoms with Gasteiger partial charge >= 0.3 is 0 Å². The lowest BCUT2D eigenvalue weighted by molar-refractivity contribution is 0.173. The number of nitrogens with one attached hydrogen (secondary N) is 1. The van der Waals surface area contributed by atoms with Crippen LogP contribution in [0.1, 0.15) is 5.56 Å². The maximum absolute atomic E-state index is 5.44. The smallest absolute Gasteiger partial charge is 0.126 e. The molecule has 1 saturated heterocycles. The molecule has 1 fully saturated rings. The first-order chi connectivity index (χ1) is 9.29. The van der Waals surface area contributed by atoms with Gasteiger partial charge in [0.25, 0.3) is 0 Å². The first-order valence-electron chi connectivity index (χ1n) is 6.75. The fourth-order valence-corrected chi connectivity index (χ4v) is 2.63. The third kappa shape index (κ3) is 2.75. The molecule has 0 unspecified atom stereocenters. The summed E-state index contributed by atoms with van der Waals surface area (Å²) in [6.45, 7) is 3.19. The van der Waals surface area contributed by atoms with Crippen LogP contribution in [-0.2, 0) is 6.54 Å². The van der Waals surface area contributed by atoms with E-state index in [-0.39, 0.29) is 12.4 Å². The van der Waals surface area contributed by atoms with Gasteiger partial charge in [-0.2, -0.15) is 0 Å². The van der Waals surface area contributed by atoms with Crippen LogP contribution in [-0.4, -0.2) is 38.2 Å². The maximum Gasteiger partial charge on any atom is 0.126 e. The summed E-state index contributed by atoms with van der Waals surface area (Å²) < 4.78 is 5.44. The summed E-state index contributed by atoms with van der Waals surface area (Å²) in [5, 5.41) is 5.81. The van der Waals surface area contributed by atoms with Crippen LogP contribution in [0.25, 0.3) is 10.8 Å². The number of fused-ring (bicyclic) bond motifs is 1. The van der Waals surface area contributed by atoms with Crippen molar-refractivity contribution in [2.24, 2.45) is 0 Å². The Bertz CT molecular complexity index is 584. The molecule has 2 aromatic rings. The highest BCUT2D eigenvalue weighted by Gasteiger charge is 2.21. The molecule has 0 aliphatic carbocycles. The van der Waals surface area contributed by atoms with Crippen LogP contribution < -0.4 is 10.1 Å². The lowest BCUT2D eigenvalue weighted by Crippen LogP contribution is -2.55. The van der Waals surface area contributed by atoms with E-state index >= 15 is 0 Å². The van der Waals surface area contributed by atoms with Gasteiger partial charge in [0.2, 0.25) is 0 Å². The molecule has 0 saturated carbocycles. The Labute approximate surface area is 126 Å². The number of benzene rings is 2. The molecular weight excluding hydrogens is 272 g/mol. The van der Waals surface area contributed by atoms with Crippen molar-refractivity contribution in [3.05, 3.63) is 42.0 Å². The summed E-state index contributed by atoms with van der Waals surface area (Å²) in [6.07, 6.45) is 0. The van der Waals surface area contributed by atoms with Gasteiger partial charge in [-0.15, -0.1) is 12.4 Å². The minimum absolute atomic E-state index is 0. The molecule has 0 amide bonds. The molecule has 20 heavy (non-hydrogen) atoms. The van der Waals surface area contributed by atoms with E-state index in [9.17, 15) is 0 Å². The quantitative estimate of drug-likeness (QED) is 0.938. The number of hydrogen-bond donors (Lipinski definition) is 1.